The molecule has 4 saturated heterocycles. The lowest BCUT2D eigenvalue weighted by atomic mass is 9.96. The molecule has 0 unspecified atom stereocenters. The molecule has 31 nitrogen and oxygen atoms in total. The third-order valence-electron chi connectivity index (χ3n) is 28.9. The van der Waals surface area contributed by atoms with Gasteiger partial charge in [0.1, 0.15) is 47.0 Å². The van der Waals surface area contributed by atoms with Gasteiger partial charge in [-0.1, -0.05) is 185 Å². The van der Waals surface area contributed by atoms with E-state index in [1.165, 1.54) is 28.4 Å². The number of rotatable bonds is 22. The number of carbonyl (C=O) groups excluding carboxylic acids is 8. The standard InChI is InChI=1S/C51H54N8O6.C46H53N7O5.C10H11NO4/c1-29(2)42(56-49(62)64-3)47(60)58-28-51(20-21-51)25-41(58)45-52-27-40(54-45)36-17-16-34-22-33(14-15-35(34)23-36)30-10-12-31(13-11-30)39-26-53-46(55-39)44-37-18-19-38(24-37)59(44)48(61)43(57-50(63)65-4)32-8-6-5-7-9-32;1-26(2)38(51-43(55)57-6)42(54)52-25-46(17-18-46)22-37(52)40-47-24-36(49-40)32-14-13-30-19-29(11-12-31(30)20-32)27-7-9-28(10-8-27)35-23-48-41(50-35)39-33-15-16-34(21-33)53(39)44(56)58-45(3,4)5;1-15-10(14)11-8(9(12)13)7-5-3-2-4-6-7/h5-17,22-23,26-27,29,37-38,41-44H,18-21,24-25,28H2,1-4H3,(H,52,54)(H,53,55)(H,56,62)(H,57,63);7-14,19-20,23-24,26,33-34,37-39H,15-18,21-22,25H2,1-6H3,(H,47,49)(H,48,50)(H,51,55);2-6,8H,1H3,(H,11,14)(H,12,13)/t37-,38+,41-,42-,43-,44-;33-,34+,37-,38-,39-;8-/m001/s1. The van der Waals surface area contributed by atoms with Crippen LogP contribution in [0.25, 0.3) is 88.8 Å². The number of likely N-dealkylation sites (tertiary alicyclic amines) is 4. The summed E-state index contributed by atoms with van der Waals surface area (Å²) in [5.41, 5.74) is 12.9. The first-order valence-corrected chi connectivity index (χ1v) is 47.6. The average molecular weight is 1870 g/mol. The van der Waals surface area contributed by atoms with Crippen molar-refractivity contribution in [3.8, 4) is 67.3 Å². The molecule has 4 bridgehead atoms. The summed E-state index contributed by atoms with van der Waals surface area (Å²) in [6, 6.07) is 56.7. The van der Waals surface area contributed by atoms with E-state index < -0.39 is 60.1 Å². The van der Waals surface area contributed by atoms with Crippen molar-refractivity contribution < 1.29 is 71.9 Å². The maximum Gasteiger partial charge on any atom is 0.411 e. The lowest BCUT2D eigenvalue weighted by Crippen LogP contribution is -2.51. The number of carboxylic acid groups (broad SMARTS) is 1. The van der Waals surface area contributed by atoms with Gasteiger partial charge in [-0.2, -0.15) is 0 Å². The van der Waals surface area contributed by atoms with Crippen molar-refractivity contribution in [3.63, 3.8) is 0 Å². The highest BCUT2D eigenvalue weighted by Crippen LogP contribution is 2.60. The van der Waals surface area contributed by atoms with Gasteiger partial charge in [0.25, 0.3) is 5.91 Å². The Hall–Kier alpha value is -14.7. The number of imidazole rings is 4. The van der Waals surface area contributed by atoms with Crippen LogP contribution in [0.4, 0.5) is 24.0 Å². The smallest absolute Gasteiger partial charge is 0.411 e. The minimum Gasteiger partial charge on any atom is -0.479 e. The molecule has 8 aromatic carbocycles. The predicted octanol–water partition coefficient (Wildman–Crippen LogP) is 19.2. The number of methoxy groups -OCH3 is 4. The Bertz CT molecular complexity index is 6540. The van der Waals surface area contributed by atoms with Crippen LogP contribution in [0.2, 0.25) is 0 Å². The Morgan fingerprint density at radius 1 is 0.399 bits per heavy atom. The van der Waals surface area contributed by atoms with Crippen LogP contribution < -0.4 is 21.3 Å². The Balaban J connectivity index is 0.000000160. The third-order valence-corrected chi connectivity index (χ3v) is 28.9. The number of carbonyl (C=O) groups is 9. The summed E-state index contributed by atoms with van der Waals surface area (Å²) in [7, 11) is 5.10. The molecule has 31 heteroatoms. The fourth-order valence-electron chi connectivity index (χ4n) is 21.3. The minimum absolute atomic E-state index is 0.0761. The quantitative estimate of drug-likeness (QED) is 0.0285. The number of nitrogens with one attached hydrogen (secondary N) is 8. The van der Waals surface area contributed by atoms with Crippen molar-refractivity contribution in [2.75, 3.05) is 41.5 Å². The maximum atomic E-state index is 14.3. The maximum absolute atomic E-state index is 14.3. The number of piperidine rings is 2. The van der Waals surface area contributed by atoms with E-state index in [0.717, 1.165) is 189 Å². The third kappa shape index (κ3) is 19.7. The Labute approximate surface area is 800 Å². The fourth-order valence-corrected chi connectivity index (χ4v) is 21.3. The number of aromatic amines is 4. The van der Waals surface area contributed by atoms with E-state index >= 15 is 0 Å². The summed E-state index contributed by atoms with van der Waals surface area (Å²) < 4.78 is 24.7. The number of hydrogen-bond acceptors (Lipinski definition) is 18. The first-order valence-electron chi connectivity index (χ1n) is 47.6. The summed E-state index contributed by atoms with van der Waals surface area (Å²) in [5.74, 6) is 2.05. The Morgan fingerprint density at radius 3 is 1.12 bits per heavy atom. The molecule has 2 spiro atoms. The zero-order valence-corrected chi connectivity index (χ0v) is 79.4. The van der Waals surface area contributed by atoms with Gasteiger partial charge in [-0.25, -0.2) is 48.7 Å². The van der Waals surface area contributed by atoms with E-state index in [9.17, 15) is 43.2 Å². The Kier molecular flexibility index (Phi) is 26.4. The SMILES string of the molecule is COC(=O)N[C@@H](C(=O)O)c1ccccc1.COC(=O)N[C@H](C(=O)N1CC2(CC2)C[C@H]1c1ncc(-c2ccc3cc(-c4ccc(-c5cnc([C@@H]6[C@H]7CC[C@H](C7)N6C(=O)OC(C)(C)C)[nH]5)cc4)ccc3c2)[nH]1)C(C)C.COC(=O)N[C@H](C(=O)N1[C@@H]2CC[C@@H](C2)[C@H]1c1ncc(-c2ccc(-c3ccc4cc(-c5cnc([C@@H]6CC7(CC7)CN6C(=O)[C@@H](NC(=O)OC)C(C)C)[nH]5)ccc4c3)cc2)[nH]1)c1ccccc1. The van der Waals surface area contributed by atoms with Gasteiger partial charge in [-0.3, -0.25) is 19.3 Å². The first-order chi connectivity index (χ1) is 66.4. The summed E-state index contributed by atoms with van der Waals surface area (Å²) in [4.78, 5) is 155. The Morgan fingerprint density at radius 2 is 0.732 bits per heavy atom. The molecular weight excluding hydrogens is 1750 g/mol. The number of fused-ring (bicyclic) bond motifs is 6. The van der Waals surface area contributed by atoms with Crippen LogP contribution in [0.5, 0.6) is 0 Å². The van der Waals surface area contributed by atoms with Gasteiger partial charge in [0.05, 0.1) is 100 Å². The number of carboxylic acids is 1. The summed E-state index contributed by atoms with van der Waals surface area (Å²) in [6.45, 7) is 14.8. The molecule has 8 aliphatic rings. The first kappa shape index (κ1) is 93.7. The van der Waals surface area contributed by atoms with Gasteiger partial charge < -0.3 is 84.7 Å². The number of H-pyrrole nitrogens is 4. The van der Waals surface area contributed by atoms with Crippen LogP contribution in [0, 0.1) is 34.5 Å². The molecule has 9 N–H and O–H groups in total. The second kappa shape index (κ2) is 38.9. The molecule has 4 aliphatic heterocycles. The normalized spacial score (nSPS) is 20.8. The van der Waals surface area contributed by atoms with E-state index in [2.05, 4.69) is 167 Å². The molecular formula is C107H118N16O15. The van der Waals surface area contributed by atoms with Crippen molar-refractivity contribution in [1.29, 1.82) is 0 Å². The van der Waals surface area contributed by atoms with E-state index in [1.54, 1.807) is 30.3 Å². The second-order valence-electron chi connectivity index (χ2n) is 39.8. The lowest BCUT2D eigenvalue weighted by Gasteiger charge is -2.36. The molecule has 8 fully saturated rings. The van der Waals surface area contributed by atoms with Gasteiger partial charge in [0.2, 0.25) is 11.8 Å². The topological polar surface area (TPSA) is 396 Å². The van der Waals surface area contributed by atoms with E-state index in [1.807, 2.05) is 123 Å². The van der Waals surface area contributed by atoms with Crippen molar-refractivity contribution in [1.82, 2.24) is 80.7 Å². The largest absolute Gasteiger partial charge is 0.479 e. The minimum atomic E-state index is -1.13. The number of hydrogen-bond donors (Lipinski definition) is 9. The predicted molar refractivity (Wildman–Crippen MR) is 519 cm³/mol. The van der Waals surface area contributed by atoms with Crippen LogP contribution in [0.1, 0.15) is 196 Å². The lowest BCUT2D eigenvalue weighted by molar-refractivity contribution is -0.140. The molecule has 8 heterocycles. The van der Waals surface area contributed by atoms with Crippen LogP contribution in [0.15, 0.2) is 207 Å². The zero-order chi connectivity index (χ0) is 96.8. The molecule has 12 atom stereocenters. The average Bonchev–Trinajstić information content (AvgIpc) is 1.63. The van der Waals surface area contributed by atoms with Crippen LogP contribution in [-0.2, 0) is 42.9 Å². The summed E-state index contributed by atoms with van der Waals surface area (Å²) in [5, 5.41) is 23.9. The highest BCUT2D eigenvalue weighted by Gasteiger charge is 2.58. The zero-order valence-electron chi connectivity index (χ0n) is 79.4. The molecule has 716 valence electrons. The van der Waals surface area contributed by atoms with E-state index in [-0.39, 0.29) is 88.6 Å². The molecule has 8 amide bonds. The van der Waals surface area contributed by atoms with Crippen LogP contribution >= 0.6 is 0 Å². The number of ether oxygens (including phenoxy) is 5. The number of alkyl carbamates (subject to hydrolysis) is 4. The molecule has 20 rings (SSSR count). The van der Waals surface area contributed by atoms with Crippen LogP contribution in [0.3, 0.4) is 0 Å². The van der Waals surface area contributed by atoms with Crippen molar-refractivity contribution in [2.45, 2.75) is 192 Å². The molecule has 4 aliphatic carbocycles. The highest BCUT2D eigenvalue weighted by atomic mass is 16.6. The molecule has 4 saturated carbocycles. The van der Waals surface area contributed by atoms with E-state index in [0.29, 0.717) is 30.1 Å². The van der Waals surface area contributed by atoms with Gasteiger partial charge in [-0.15, -0.1) is 0 Å². The number of aromatic nitrogens is 8. The number of nitrogens with zero attached hydrogens (tertiary/aromatic N) is 8. The van der Waals surface area contributed by atoms with Gasteiger partial charge >= 0.3 is 36.4 Å². The molecule has 138 heavy (non-hydrogen) atoms. The van der Waals surface area contributed by atoms with Crippen molar-refractivity contribution in [2.24, 2.45) is 34.5 Å². The van der Waals surface area contributed by atoms with Crippen molar-refractivity contribution in [3.05, 3.63) is 241 Å². The van der Waals surface area contributed by atoms with Gasteiger partial charge in [0.15, 0.2) is 6.04 Å². The summed E-state index contributed by atoms with van der Waals surface area (Å²) >= 11 is 0. The number of benzene rings is 8. The fraction of sp³-hybridized carbons (Fsp3) is 0.393. The van der Waals surface area contributed by atoms with Gasteiger partial charge in [0, 0.05) is 36.3 Å². The van der Waals surface area contributed by atoms with E-state index in [4.69, 9.17) is 44.0 Å². The second-order valence-corrected chi connectivity index (χ2v) is 39.8. The highest BCUT2D eigenvalue weighted by molar-refractivity contribution is 5.94. The monoisotopic (exact) mass is 1870 g/mol. The molecule has 0 radical (unpaired) electrons. The number of amides is 8. The molecule has 12 aromatic rings. The van der Waals surface area contributed by atoms with Crippen molar-refractivity contribution >= 4 is 75.7 Å². The number of aliphatic carboxylic acids is 1. The molecule has 4 aromatic heterocycles. The summed E-state index contributed by atoms with van der Waals surface area (Å²) in [6.07, 6.45) is 16.5. The van der Waals surface area contributed by atoms with Crippen LogP contribution in [-0.4, -0.2) is 190 Å². The van der Waals surface area contributed by atoms with Gasteiger partial charge in [-0.05, 0) is 223 Å².